The van der Waals surface area contributed by atoms with Gasteiger partial charge in [-0.2, -0.15) is 0 Å². The third-order valence-electron chi connectivity index (χ3n) is 15.3. The molecule has 0 aliphatic carbocycles. The van der Waals surface area contributed by atoms with Gasteiger partial charge in [0.2, 0.25) is 0 Å². The van der Waals surface area contributed by atoms with Gasteiger partial charge in [-0.05, 0) is 123 Å². The van der Waals surface area contributed by atoms with E-state index in [2.05, 4.69) is 258 Å². The predicted octanol–water partition coefficient (Wildman–Crippen LogP) is 12.0. The van der Waals surface area contributed by atoms with Gasteiger partial charge in [0, 0.05) is 56.7 Å². The minimum absolute atomic E-state index is 0.114. The van der Waals surface area contributed by atoms with Crippen LogP contribution in [0.2, 0.25) is 0 Å². The van der Waals surface area contributed by atoms with Crippen molar-refractivity contribution in [3.63, 3.8) is 0 Å². The minimum atomic E-state index is -0.168. The van der Waals surface area contributed by atoms with Gasteiger partial charge in [-0.3, -0.25) is 9.80 Å². The summed E-state index contributed by atoms with van der Waals surface area (Å²) < 4.78 is 9.55. The van der Waals surface area contributed by atoms with E-state index in [0.29, 0.717) is 0 Å². The van der Waals surface area contributed by atoms with Crippen LogP contribution in [0.4, 0.5) is 51.4 Å². The van der Waals surface area contributed by atoms with Crippen molar-refractivity contribution in [1.29, 1.82) is 0 Å². The number of rotatable bonds is 4. The predicted molar refractivity (Wildman–Crippen MR) is 297 cm³/mol. The van der Waals surface area contributed by atoms with Crippen molar-refractivity contribution < 1.29 is 4.74 Å². The first-order valence-corrected chi connectivity index (χ1v) is 24.7. The zero-order chi connectivity index (χ0) is 47.1. The molecule has 0 bridgehead atoms. The standard InChI is InChI=1S/C63H45B2N5O/c1-63(2,3)40-35-54-59-55(36-40)69(42-23-9-5-10-24-42)61-49(64(59)47-29-15-19-33-53(47)67(54)41-21-7-4-8-22-41)39-50-62(66-61)70(43-25-11-6-12-26-43)56-37-44(38-58-60(56)65(50)48-30-16-20-34-57(48)71-58)68-51-31-17-13-27-45(51)46-28-14-18-32-52(46)68/h4-39H,1-3H3. The van der Waals surface area contributed by atoms with Gasteiger partial charge in [0.25, 0.3) is 13.4 Å². The molecule has 0 N–H and O–H groups in total. The van der Waals surface area contributed by atoms with Crippen LogP contribution >= 0.6 is 0 Å². The van der Waals surface area contributed by atoms with E-state index < -0.39 is 0 Å². The van der Waals surface area contributed by atoms with E-state index in [0.717, 1.165) is 84.7 Å². The maximum absolute atomic E-state index is 7.15. The molecule has 0 amide bonds. The first-order chi connectivity index (χ1) is 34.9. The number of pyridine rings is 1. The van der Waals surface area contributed by atoms with E-state index in [4.69, 9.17) is 9.72 Å². The van der Waals surface area contributed by atoms with Crippen LogP contribution in [0, 0.1) is 0 Å². The molecule has 71 heavy (non-hydrogen) atoms. The highest BCUT2D eigenvalue weighted by atomic mass is 16.5. The molecule has 0 saturated heterocycles. The summed E-state index contributed by atoms with van der Waals surface area (Å²) in [5.41, 5.74) is 19.3. The van der Waals surface area contributed by atoms with Gasteiger partial charge in [-0.25, -0.2) is 4.98 Å². The molecule has 0 spiro atoms. The Bertz CT molecular complexity index is 3950. The molecule has 9 aromatic carbocycles. The lowest BCUT2D eigenvalue weighted by Crippen LogP contribution is -2.65. The molecular formula is C63H45B2N5O. The second-order valence-corrected chi connectivity index (χ2v) is 20.3. The van der Waals surface area contributed by atoms with Crippen LogP contribution < -0.4 is 52.2 Å². The normalized spacial score (nSPS) is 13.8. The van der Waals surface area contributed by atoms with Gasteiger partial charge >= 0.3 is 0 Å². The van der Waals surface area contributed by atoms with Crippen molar-refractivity contribution in [2.24, 2.45) is 0 Å². The molecule has 11 aromatic rings. The molecule has 0 radical (unpaired) electrons. The highest BCUT2D eigenvalue weighted by molar-refractivity contribution is 7.02. The Kier molecular flexibility index (Phi) is 8.42. The fourth-order valence-corrected chi connectivity index (χ4v) is 12.2. The topological polar surface area (TPSA) is 36.8 Å². The van der Waals surface area contributed by atoms with E-state index in [1.807, 2.05) is 0 Å². The number of nitrogens with zero attached hydrogens (tertiary/aromatic N) is 5. The molecule has 6 heterocycles. The lowest BCUT2D eigenvalue weighted by atomic mass is 9.31. The van der Waals surface area contributed by atoms with Crippen LogP contribution in [0.5, 0.6) is 11.5 Å². The Morgan fingerprint density at radius 1 is 0.380 bits per heavy atom. The summed E-state index contributed by atoms with van der Waals surface area (Å²) >= 11 is 0. The van der Waals surface area contributed by atoms with Crippen molar-refractivity contribution in [1.82, 2.24) is 9.55 Å². The number of ether oxygens (including phenoxy) is 1. The van der Waals surface area contributed by atoms with Crippen LogP contribution in [-0.4, -0.2) is 23.0 Å². The Labute approximate surface area is 413 Å². The highest BCUT2D eigenvalue weighted by Crippen LogP contribution is 2.48. The average molecular weight is 910 g/mol. The molecule has 2 aromatic heterocycles. The first kappa shape index (κ1) is 40.2. The SMILES string of the molecule is CC(C)(C)c1cc2c3c(c1)N(c1ccccc1)c1nc4c(cc1B3c1ccccc1N2c1ccccc1)B1c2ccccc2Oc2cc(-n3c5ccccc5c5ccccc53)cc(c21)N4c1ccccc1. The van der Waals surface area contributed by atoms with E-state index in [9.17, 15) is 0 Å². The van der Waals surface area contributed by atoms with Gasteiger partial charge < -0.3 is 14.2 Å². The summed E-state index contributed by atoms with van der Waals surface area (Å²) in [6, 6.07) is 79.7. The van der Waals surface area contributed by atoms with E-state index >= 15 is 0 Å². The van der Waals surface area contributed by atoms with Crippen LogP contribution in [0.3, 0.4) is 0 Å². The molecular weight excluding hydrogens is 864 g/mol. The summed E-state index contributed by atoms with van der Waals surface area (Å²) in [4.78, 5) is 13.5. The number of hydrogen-bond donors (Lipinski definition) is 0. The second kappa shape index (κ2) is 14.9. The summed E-state index contributed by atoms with van der Waals surface area (Å²) in [7, 11) is 0. The monoisotopic (exact) mass is 909 g/mol. The van der Waals surface area contributed by atoms with Gasteiger partial charge in [0.05, 0.1) is 16.7 Å². The zero-order valence-corrected chi connectivity index (χ0v) is 39.6. The molecule has 4 aliphatic heterocycles. The molecule has 0 saturated carbocycles. The maximum Gasteiger partial charge on any atom is 0.258 e. The Balaban J connectivity index is 1.06. The van der Waals surface area contributed by atoms with Gasteiger partial charge in [-0.1, -0.05) is 154 Å². The number of para-hydroxylation sites is 7. The summed E-state index contributed by atoms with van der Waals surface area (Å²) in [5.74, 6) is 3.54. The van der Waals surface area contributed by atoms with Gasteiger partial charge in [-0.15, -0.1) is 0 Å². The fourth-order valence-electron chi connectivity index (χ4n) is 12.2. The summed E-state index contributed by atoms with van der Waals surface area (Å²) in [6.07, 6.45) is 0. The molecule has 0 fully saturated rings. The quantitative estimate of drug-likeness (QED) is 0.164. The van der Waals surface area contributed by atoms with Crippen molar-refractivity contribution in [3.8, 4) is 17.2 Å². The molecule has 15 rings (SSSR count). The zero-order valence-electron chi connectivity index (χ0n) is 39.6. The molecule has 8 heteroatoms. The summed E-state index contributed by atoms with van der Waals surface area (Å²) in [6.45, 7) is 6.69. The highest BCUT2D eigenvalue weighted by Gasteiger charge is 2.49. The largest absolute Gasteiger partial charge is 0.458 e. The number of anilines is 9. The van der Waals surface area contributed by atoms with Crippen LogP contribution in [-0.2, 0) is 5.41 Å². The lowest BCUT2D eigenvalue weighted by Gasteiger charge is -2.46. The summed E-state index contributed by atoms with van der Waals surface area (Å²) in [5, 5.41) is 2.43. The second-order valence-electron chi connectivity index (χ2n) is 20.3. The molecule has 334 valence electrons. The van der Waals surface area contributed by atoms with Gasteiger partial charge in [0.1, 0.15) is 23.1 Å². The van der Waals surface area contributed by atoms with E-state index in [1.54, 1.807) is 0 Å². The Morgan fingerprint density at radius 2 is 0.859 bits per heavy atom. The van der Waals surface area contributed by atoms with Crippen LogP contribution in [0.25, 0.3) is 27.5 Å². The van der Waals surface area contributed by atoms with Crippen LogP contribution in [0.1, 0.15) is 26.3 Å². The molecule has 6 nitrogen and oxygen atoms in total. The maximum atomic E-state index is 7.15. The van der Waals surface area contributed by atoms with Gasteiger partial charge in [0.15, 0.2) is 0 Å². The smallest absolute Gasteiger partial charge is 0.258 e. The van der Waals surface area contributed by atoms with Crippen molar-refractivity contribution in [2.45, 2.75) is 26.2 Å². The fraction of sp³-hybridized carbons (Fsp3) is 0.0635. The van der Waals surface area contributed by atoms with Crippen molar-refractivity contribution in [2.75, 3.05) is 14.7 Å². The number of benzene rings is 9. The first-order valence-electron chi connectivity index (χ1n) is 24.7. The third kappa shape index (κ3) is 5.76. The molecule has 0 unspecified atom stereocenters. The Morgan fingerprint density at radius 3 is 1.46 bits per heavy atom. The van der Waals surface area contributed by atoms with Crippen LogP contribution in [0.15, 0.2) is 218 Å². The average Bonchev–Trinajstić information content (AvgIpc) is 3.75. The number of aromatic nitrogens is 2. The van der Waals surface area contributed by atoms with E-state index in [-0.39, 0.29) is 18.8 Å². The number of hydrogen-bond acceptors (Lipinski definition) is 5. The van der Waals surface area contributed by atoms with E-state index in [1.165, 1.54) is 44.1 Å². The van der Waals surface area contributed by atoms with Crippen molar-refractivity contribution in [3.05, 3.63) is 224 Å². The molecule has 0 atom stereocenters. The number of fused-ring (bicyclic) bond motifs is 11. The van der Waals surface area contributed by atoms with Crippen molar-refractivity contribution >= 4 is 119 Å². The third-order valence-corrected chi connectivity index (χ3v) is 15.3. The lowest BCUT2D eigenvalue weighted by molar-refractivity contribution is 0.487. The molecule has 4 aliphatic rings. The minimum Gasteiger partial charge on any atom is -0.458 e. The Hall–Kier alpha value is -8.74.